The molecule has 0 aromatic carbocycles. The van der Waals surface area contributed by atoms with Crippen molar-refractivity contribution in [2.24, 2.45) is 0 Å². The molecule has 6 nitrogen and oxygen atoms in total. The number of aromatic nitrogens is 2. The van der Waals surface area contributed by atoms with Gasteiger partial charge in [-0.15, -0.1) is 3.89 Å². The van der Waals surface area contributed by atoms with Gasteiger partial charge >= 0.3 is 5.56 Å². The van der Waals surface area contributed by atoms with Gasteiger partial charge in [0.25, 0.3) is 0 Å². The first-order valence-electron chi connectivity index (χ1n) is 7.11. The Bertz CT molecular complexity index is 570. The smallest absolute Gasteiger partial charge is 0.305 e. The first-order chi connectivity index (χ1) is 10.7. The van der Waals surface area contributed by atoms with E-state index in [1.807, 2.05) is 13.8 Å². The van der Waals surface area contributed by atoms with Crippen LogP contribution in [0.15, 0.2) is 11.0 Å². The molecule has 2 rings (SSSR count). The van der Waals surface area contributed by atoms with E-state index >= 15 is 0 Å². The highest BCUT2D eigenvalue weighted by atomic mass is 32.2. The number of rotatable bonds is 5. The van der Waals surface area contributed by atoms with Crippen molar-refractivity contribution in [3.63, 3.8) is 0 Å². The van der Waals surface area contributed by atoms with Crippen LogP contribution in [0.1, 0.15) is 26.0 Å². The van der Waals surface area contributed by atoms with E-state index in [4.69, 9.17) is 0 Å². The summed E-state index contributed by atoms with van der Waals surface area (Å²) in [6, 6.07) is 0. The highest BCUT2D eigenvalue weighted by molar-refractivity contribution is 7.92. The third-order valence-corrected chi connectivity index (χ3v) is 4.67. The van der Waals surface area contributed by atoms with Crippen molar-refractivity contribution >= 4 is 35.2 Å². The van der Waals surface area contributed by atoms with Crippen molar-refractivity contribution in [1.82, 2.24) is 8.96 Å². The standard InChI is InChI=1S/C11H14FN3O3S2.C2H6/c12-19-15-8-9(2-1-5-16)13-10(11(15)17)14-3-6-20(18)7-4-14;1-2/h5,8H,1-4,6-7H2;1-2H3. The third-order valence-electron chi connectivity index (χ3n) is 2.98. The van der Waals surface area contributed by atoms with E-state index < -0.39 is 16.4 Å². The fraction of sp³-hybridized carbons (Fsp3) is 0.615. The average molecular weight is 349 g/mol. The summed E-state index contributed by atoms with van der Waals surface area (Å²) in [5, 5.41) is 0. The van der Waals surface area contributed by atoms with Crippen LogP contribution in [-0.2, 0) is 22.0 Å². The van der Waals surface area contributed by atoms with E-state index in [2.05, 4.69) is 4.98 Å². The average Bonchev–Trinajstić information content (AvgIpc) is 2.56. The normalized spacial score (nSPS) is 15.1. The summed E-state index contributed by atoms with van der Waals surface area (Å²) in [4.78, 5) is 28.4. The van der Waals surface area contributed by atoms with E-state index in [0.717, 1.165) is 10.3 Å². The van der Waals surface area contributed by atoms with Crippen LogP contribution in [0.3, 0.4) is 0 Å². The Balaban J connectivity index is 0.00000116. The zero-order chi connectivity index (χ0) is 16.5. The fourth-order valence-electron chi connectivity index (χ4n) is 1.94. The molecule has 22 heavy (non-hydrogen) atoms. The minimum absolute atomic E-state index is 0.162. The number of nitrogens with zero attached hydrogens (tertiary/aromatic N) is 3. The monoisotopic (exact) mass is 349 g/mol. The number of halogens is 1. The van der Waals surface area contributed by atoms with Gasteiger partial charge in [-0.25, -0.2) is 8.96 Å². The first-order valence-corrected chi connectivity index (χ1v) is 9.27. The van der Waals surface area contributed by atoms with E-state index in [9.17, 15) is 17.7 Å². The fourth-order valence-corrected chi connectivity index (χ4v) is 3.30. The van der Waals surface area contributed by atoms with Crippen LogP contribution in [0, 0.1) is 0 Å². The topological polar surface area (TPSA) is 72.3 Å². The Morgan fingerprint density at radius 1 is 1.41 bits per heavy atom. The molecule has 0 amide bonds. The molecule has 0 N–H and O–H groups in total. The van der Waals surface area contributed by atoms with E-state index in [1.54, 1.807) is 4.90 Å². The van der Waals surface area contributed by atoms with Gasteiger partial charge in [0.1, 0.15) is 6.29 Å². The first kappa shape index (κ1) is 18.8. The van der Waals surface area contributed by atoms with Gasteiger partial charge in [0, 0.05) is 48.0 Å². The Hall–Kier alpha value is -1.22. The maximum atomic E-state index is 12.8. The number of carbonyl (C=O) groups excluding carboxylic acids is 1. The van der Waals surface area contributed by atoms with Crippen molar-refractivity contribution < 1.29 is 12.9 Å². The molecule has 1 aliphatic heterocycles. The van der Waals surface area contributed by atoms with Gasteiger partial charge in [-0.05, 0) is 6.42 Å². The largest absolute Gasteiger partial charge is 0.350 e. The van der Waals surface area contributed by atoms with Crippen LogP contribution >= 0.6 is 12.3 Å². The molecule has 1 aromatic heterocycles. The van der Waals surface area contributed by atoms with Crippen molar-refractivity contribution in [1.29, 1.82) is 0 Å². The minimum atomic E-state index is -0.862. The van der Waals surface area contributed by atoms with E-state index in [0.29, 0.717) is 36.7 Å². The number of aryl methyl sites for hydroxylation is 1. The molecule has 124 valence electrons. The Morgan fingerprint density at radius 2 is 2.05 bits per heavy atom. The lowest BCUT2D eigenvalue weighted by Gasteiger charge is -2.27. The molecule has 0 saturated carbocycles. The molecule has 1 saturated heterocycles. The Kier molecular flexibility index (Phi) is 8.32. The van der Waals surface area contributed by atoms with Crippen LogP contribution in [0.4, 0.5) is 9.70 Å². The van der Waals surface area contributed by atoms with Crippen LogP contribution < -0.4 is 10.5 Å². The maximum absolute atomic E-state index is 12.8. The molecule has 0 atom stereocenters. The van der Waals surface area contributed by atoms with Gasteiger partial charge in [0.15, 0.2) is 18.2 Å². The lowest BCUT2D eigenvalue weighted by Crippen LogP contribution is -2.42. The van der Waals surface area contributed by atoms with Crippen LogP contribution in [-0.4, -0.2) is 44.0 Å². The molecule has 0 aliphatic carbocycles. The summed E-state index contributed by atoms with van der Waals surface area (Å²) in [6.07, 6.45) is 2.69. The second kappa shape index (κ2) is 9.73. The number of anilines is 1. The van der Waals surface area contributed by atoms with E-state index in [1.165, 1.54) is 6.20 Å². The summed E-state index contributed by atoms with van der Waals surface area (Å²) in [5.41, 5.74) is -0.0384. The highest BCUT2D eigenvalue weighted by Gasteiger charge is 2.21. The summed E-state index contributed by atoms with van der Waals surface area (Å²) < 4.78 is 25.0. The zero-order valence-electron chi connectivity index (χ0n) is 12.7. The minimum Gasteiger partial charge on any atom is -0.350 e. The molecule has 1 fully saturated rings. The van der Waals surface area contributed by atoms with Gasteiger partial charge in [-0.1, -0.05) is 13.8 Å². The summed E-state index contributed by atoms with van der Waals surface area (Å²) in [5.74, 6) is 1.11. The number of hydrogen-bond donors (Lipinski definition) is 0. The molecule has 0 unspecified atom stereocenters. The molecule has 0 radical (unpaired) electrons. The van der Waals surface area contributed by atoms with Gasteiger partial charge < -0.3 is 9.69 Å². The predicted molar refractivity (Wildman–Crippen MR) is 88.4 cm³/mol. The van der Waals surface area contributed by atoms with Gasteiger partial charge in [0.2, 0.25) is 0 Å². The molecule has 1 aromatic rings. The lowest BCUT2D eigenvalue weighted by atomic mass is 10.2. The predicted octanol–water partition coefficient (Wildman–Crippen LogP) is 1.35. The molecule has 0 spiro atoms. The molecular formula is C13H20FN3O3S2. The quantitative estimate of drug-likeness (QED) is 0.747. The van der Waals surface area contributed by atoms with Crippen molar-refractivity contribution in [2.45, 2.75) is 26.7 Å². The van der Waals surface area contributed by atoms with Crippen LogP contribution in [0.25, 0.3) is 0 Å². The molecular weight excluding hydrogens is 329 g/mol. The number of hydrogen-bond acceptors (Lipinski definition) is 6. The van der Waals surface area contributed by atoms with Crippen molar-refractivity contribution in [3.05, 3.63) is 22.2 Å². The Morgan fingerprint density at radius 3 is 2.59 bits per heavy atom. The number of carbonyl (C=O) groups is 1. The highest BCUT2D eigenvalue weighted by Crippen LogP contribution is 2.13. The maximum Gasteiger partial charge on any atom is 0.305 e. The molecule has 9 heteroatoms. The SMILES string of the molecule is CC.O=CCCc1cn(SF)c(=O)c(N2CCS(=O)CC2)n1. The molecule has 2 heterocycles. The van der Waals surface area contributed by atoms with Crippen molar-refractivity contribution in [2.75, 3.05) is 29.5 Å². The van der Waals surface area contributed by atoms with Crippen LogP contribution in [0.2, 0.25) is 0 Å². The summed E-state index contributed by atoms with van der Waals surface area (Å²) in [7, 11) is -0.862. The van der Waals surface area contributed by atoms with Crippen molar-refractivity contribution in [3.8, 4) is 0 Å². The number of aldehydes is 1. The molecule has 1 aliphatic rings. The Labute approximate surface area is 136 Å². The van der Waals surface area contributed by atoms with Gasteiger partial charge in [-0.2, -0.15) is 0 Å². The second-order valence-corrected chi connectivity index (χ2v) is 6.52. The molecule has 0 bridgehead atoms. The summed E-state index contributed by atoms with van der Waals surface area (Å²) >= 11 is -0.189. The zero-order valence-corrected chi connectivity index (χ0v) is 14.3. The van der Waals surface area contributed by atoms with Gasteiger partial charge in [0.05, 0.1) is 5.69 Å². The van der Waals surface area contributed by atoms with Gasteiger partial charge in [-0.3, -0.25) is 9.00 Å². The van der Waals surface area contributed by atoms with E-state index in [-0.39, 0.29) is 24.6 Å². The van der Waals surface area contributed by atoms with Crippen LogP contribution in [0.5, 0.6) is 0 Å². The lowest BCUT2D eigenvalue weighted by molar-refractivity contribution is -0.107. The summed E-state index contributed by atoms with van der Waals surface area (Å²) in [6.45, 7) is 4.92. The third kappa shape index (κ3) is 4.91. The second-order valence-electron chi connectivity index (χ2n) is 4.30.